The molecule has 2 heterocycles. The van der Waals surface area contributed by atoms with Crippen molar-refractivity contribution in [1.29, 1.82) is 0 Å². The SMILES string of the molecule is C=CCCCCCCCCc1cc2cccnc2c2nc(N)ccc12. The van der Waals surface area contributed by atoms with E-state index in [9.17, 15) is 0 Å². The van der Waals surface area contributed by atoms with Crippen molar-refractivity contribution in [3.05, 3.63) is 54.7 Å². The van der Waals surface area contributed by atoms with Gasteiger partial charge in [-0.05, 0) is 55.5 Å². The average Bonchev–Trinajstić information content (AvgIpc) is 2.63. The van der Waals surface area contributed by atoms with E-state index in [-0.39, 0.29) is 0 Å². The molecular weight excluding hydrogens is 306 g/mol. The van der Waals surface area contributed by atoms with Crippen LogP contribution in [0.25, 0.3) is 21.8 Å². The Balaban J connectivity index is 1.69. The highest BCUT2D eigenvalue weighted by atomic mass is 14.8. The number of rotatable bonds is 9. The summed E-state index contributed by atoms with van der Waals surface area (Å²) in [6, 6.07) is 10.3. The van der Waals surface area contributed by atoms with Gasteiger partial charge in [0.05, 0.1) is 11.0 Å². The van der Waals surface area contributed by atoms with Gasteiger partial charge in [0.2, 0.25) is 0 Å². The zero-order valence-corrected chi connectivity index (χ0v) is 14.9. The van der Waals surface area contributed by atoms with E-state index in [2.05, 4.69) is 34.7 Å². The molecule has 0 unspecified atom stereocenters. The summed E-state index contributed by atoms with van der Waals surface area (Å²) in [4.78, 5) is 9.07. The quantitative estimate of drug-likeness (QED) is 0.305. The maximum absolute atomic E-state index is 5.91. The smallest absolute Gasteiger partial charge is 0.124 e. The van der Waals surface area contributed by atoms with Crippen molar-refractivity contribution in [3.8, 4) is 0 Å². The number of hydrogen-bond acceptors (Lipinski definition) is 3. The van der Waals surface area contributed by atoms with Gasteiger partial charge in [0.15, 0.2) is 0 Å². The fourth-order valence-electron chi connectivity index (χ4n) is 3.43. The molecule has 3 aromatic rings. The molecule has 0 aliphatic carbocycles. The molecule has 3 rings (SSSR count). The third kappa shape index (κ3) is 4.36. The number of pyridine rings is 2. The summed E-state index contributed by atoms with van der Waals surface area (Å²) in [6.07, 6.45) is 13.8. The predicted octanol–water partition coefficient (Wildman–Crippen LogP) is 5.82. The first kappa shape index (κ1) is 17.4. The highest BCUT2D eigenvalue weighted by Gasteiger charge is 2.09. The van der Waals surface area contributed by atoms with Crippen molar-refractivity contribution in [2.45, 2.75) is 51.4 Å². The minimum absolute atomic E-state index is 0.552. The second-order valence-electron chi connectivity index (χ2n) is 6.69. The van der Waals surface area contributed by atoms with Gasteiger partial charge < -0.3 is 5.73 Å². The molecule has 0 radical (unpaired) electrons. The number of nitrogens with zero attached hydrogens (tertiary/aromatic N) is 2. The lowest BCUT2D eigenvalue weighted by Gasteiger charge is -2.10. The predicted molar refractivity (Wildman–Crippen MR) is 108 cm³/mol. The Labute approximate surface area is 150 Å². The highest BCUT2D eigenvalue weighted by Crippen LogP contribution is 2.28. The maximum Gasteiger partial charge on any atom is 0.124 e. The summed E-state index contributed by atoms with van der Waals surface area (Å²) in [5.74, 6) is 0.552. The van der Waals surface area contributed by atoms with Crippen molar-refractivity contribution in [2.24, 2.45) is 0 Å². The van der Waals surface area contributed by atoms with Crippen LogP contribution in [0, 0.1) is 0 Å². The molecule has 0 aliphatic rings. The van der Waals surface area contributed by atoms with Crippen LogP contribution < -0.4 is 5.73 Å². The number of benzene rings is 1. The Hall–Kier alpha value is -2.42. The number of aryl methyl sites for hydroxylation is 1. The number of aromatic nitrogens is 2. The van der Waals surface area contributed by atoms with Crippen LogP contribution in [0.15, 0.2) is 49.2 Å². The van der Waals surface area contributed by atoms with E-state index in [0.29, 0.717) is 5.82 Å². The van der Waals surface area contributed by atoms with Crippen LogP contribution in [0.1, 0.15) is 50.5 Å². The number of nitrogen functional groups attached to an aromatic ring is 1. The molecule has 2 aromatic heterocycles. The number of nitrogens with two attached hydrogens (primary N) is 1. The summed E-state index contributed by atoms with van der Waals surface area (Å²) in [5, 5.41) is 2.33. The van der Waals surface area contributed by atoms with Gasteiger partial charge in [-0.2, -0.15) is 0 Å². The zero-order valence-electron chi connectivity index (χ0n) is 14.9. The van der Waals surface area contributed by atoms with E-state index < -0.39 is 0 Å². The molecule has 0 atom stereocenters. The second kappa shape index (κ2) is 8.61. The molecular formula is C22H27N3. The molecule has 0 saturated carbocycles. The van der Waals surface area contributed by atoms with Gasteiger partial charge in [-0.15, -0.1) is 6.58 Å². The van der Waals surface area contributed by atoms with Crippen LogP contribution in [0.4, 0.5) is 5.82 Å². The average molecular weight is 333 g/mol. The van der Waals surface area contributed by atoms with E-state index in [0.717, 1.165) is 29.3 Å². The Morgan fingerprint density at radius 1 is 0.960 bits per heavy atom. The van der Waals surface area contributed by atoms with Crippen LogP contribution >= 0.6 is 0 Å². The standard InChI is InChI=1S/C22H27N3/c1-2-3-4-5-6-7-8-9-11-17-16-18-12-10-15-24-21(18)22-19(17)13-14-20(23)25-22/h2,10,12-16H,1,3-9,11H2,(H2,23,25). The molecule has 0 saturated heterocycles. The van der Waals surface area contributed by atoms with Gasteiger partial charge in [0.1, 0.15) is 5.82 Å². The van der Waals surface area contributed by atoms with Crippen LogP contribution in [-0.2, 0) is 6.42 Å². The molecule has 0 fully saturated rings. The fraction of sp³-hybridized carbons (Fsp3) is 0.364. The number of hydrogen-bond donors (Lipinski definition) is 1. The first-order valence-corrected chi connectivity index (χ1v) is 9.33. The van der Waals surface area contributed by atoms with E-state index in [1.807, 2.05) is 24.4 Å². The second-order valence-corrected chi connectivity index (χ2v) is 6.69. The van der Waals surface area contributed by atoms with Crippen LogP contribution in [0.2, 0.25) is 0 Å². The van der Waals surface area contributed by atoms with Crippen molar-refractivity contribution in [3.63, 3.8) is 0 Å². The first-order chi connectivity index (χ1) is 12.3. The summed E-state index contributed by atoms with van der Waals surface area (Å²) < 4.78 is 0. The van der Waals surface area contributed by atoms with E-state index in [4.69, 9.17) is 5.73 Å². The van der Waals surface area contributed by atoms with Gasteiger partial charge in [-0.1, -0.05) is 37.8 Å². The molecule has 3 heteroatoms. The molecule has 1 aromatic carbocycles. The van der Waals surface area contributed by atoms with Gasteiger partial charge in [-0.3, -0.25) is 4.98 Å². The Kier molecular flexibility index (Phi) is 5.99. The summed E-state index contributed by atoms with van der Waals surface area (Å²) in [6.45, 7) is 3.78. The molecule has 3 nitrogen and oxygen atoms in total. The van der Waals surface area contributed by atoms with Crippen molar-refractivity contribution in [2.75, 3.05) is 5.73 Å². The topological polar surface area (TPSA) is 51.8 Å². The highest BCUT2D eigenvalue weighted by molar-refractivity contribution is 6.04. The Bertz CT molecular complexity index is 854. The zero-order chi connectivity index (χ0) is 17.5. The van der Waals surface area contributed by atoms with Crippen molar-refractivity contribution >= 4 is 27.6 Å². The molecule has 130 valence electrons. The normalized spacial score (nSPS) is 11.2. The van der Waals surface area contributed by atoms with E-state index in [1.165, 1.54) is 49.5 Å². The minimum Gasteiger partial charge on any atom is -0.384 e. The third-order valence-corrected chi connectivity index (χ3v) is 4.76. The van der Waals surface area contributed by atoms with Crippen molar-refractivity contribution < 1.29 is 0 Å². The molecule has 2 N–H and O–H groups in total. The van der Waals surface area contributed by atoms with Gasteiger partial charge >= 0.3 is 0 Å². The summed E-state index contributed by atoms with van der Waals surface area (Å²) >= 11 is 0. The molecule has 0 bridgehead atoms. The summed E-state index contributed by atoms with van der Waals surface area (Å²) in [7, 11) is 0. The molecule has 0 aliphatic heterocycles. The fourth-order valence-corrected chi connectivity index (χ4v) is 3.43. The number of unbranched alkanes of at least 4 members (excludes halogenated alkanes) is 6. The Morgan fingerprint density at radius 2 is 1.76 bits per heavy atom. The lowest BCUT2D eigenvalue weighted by Crippen LogP contribution is -1.96. The lowest BCUT2D eigenvalue weighted by molar-refractivity contribution is 0.597. The van der Waals surface area contributed by atoms with Crippen LogP contribution in [0.3, 0.4) is 0 Å². The van der Waals surface area contributed by atoms with Crippen LogP contribution in [0.5, 0.6) is 0 Å². The third-order valence-electron chi connectivity index (χ3n) is 4.76. The van der Waals surface area contributed by atoms with Crippen LogP contribution in [-0.4, -0.2) is 9.97 Å². The van der Waals surface area contributed by atoms with Gasteiger partial charge in [0.25, 0.3) is 0 Å². The van der Waals surface area contributed by atoms with E-state index in [1.54, 1.807) is 0 Å². The number of anilines is 1. The molecule has 0 amide bonds. The van der Waals surface area contributed by atoms with E-state index >= 15 is 0 Å². The molecule has 0 spiro atoms. The Morgan fingerprint density at radius 3 is 2.60 bits per heavy atom. The number of allylic oxidation sites excluding steroid dienone is 1. The first-order valence-electron chi connectivity index (χ1n) is 9.33. The maximum atomic E-state index is 5.91. The summed E-state index contributed by atoms with van der Waals surface area (Å²) in [5.41, 5.74) is 9.13. The monoisotopic (exact) mass is 333 g/mol. The van der Waals surface area contributed by atoms with Gasteiger partial charge in [0, 0.05) is 17.0 Å². The lowest BCUT2D eigenvalue weighted by atomic mass is 9.98. The number of fused-ring (bicyclic) bond motifs is 3. The van der Waals surface area contributed by atoms with Crippen molar-refractivity contribution in [1.82, 2.24) is 9.97 Å². The molecule has 25 heavy (non-hydrogen) atoms. The minimum atomic E-state index is 0.552. The van der Waals surface area contributed by atoms with Gasteiger partial charge in [-0.25, -0.2) is 4.98 Å². The largest absolute Gasteiger partial charge is 0.384 e.